The highest BCUT2D eigenvalue weighted by molar-refractivity contribution is 8.00. The number of fused-ring (bicyclic) bond motifs is 1. The van der Waals surface area contributed by atoms with Crippen LogP contribution in [0.1, 0.15) is 35.1 Å². The molecule has 2 atom stereocenters. The minimum absolute atomic E-state index is 0.0310. The number of carbonyl (C=O) groups excluding carboxylic acids is 2. The molecule has 4 rings (SSSR count). The quantitative estimate of drug-likeness (QED) is 0.878. The fourth-order valence-electron chi connectivity index (χ4n) is 3.79. The van der Waals surface area contributed by atoms with Crippen LogP contribution in [0.5, 0.6) is 0 Å². The maximum absolute atomic E-state index is 13.0. The number of nitrogens with two attached hydrogens (primary N) is 1. The van der Waals surface area contributed by atoms with Crippen molar-refractivity contribution < 1.29 is 9.59 Å². The van der Waals surface area contributed by atoms with E-state index in [1.165, 1.54) is 16.4 Å². The summed E-state index contributed by atoms with van der Waals surface area (Å²) in [5, 5.41) is 4.60. The number of benzene rings is 1. The van der Waals surface area contributed by atoms with E-state index in [0.29, 0.717) is 11.0 Å². The van der Waals surface area contributed by atoms with Crippen molar-refractivity contribution in [1.82, 2.24) is 19.7 Å². The highest BCUT2D eigenvalue weighted by atomic mass is 32.2. The van der Waals surface area contributed by atoms with Crippen LogP contribution in [0, 0.1) is 12.8 Å². The smallest absolute Gasteiger partial charge is 0.264 e. The Morgan fingerprint density at radius 3 is 2.58 bits per heavy atom. The topological polar surface area (TPSA) is 94.1 Å². The SMILES string of the molecule is Cc1nc2n(n1)C(=O)C(C(c1ccccc1)N1CCC(C(N)=O)CC1)S2. The molecule has 2 aliphatic rings. The molecular formula is C18H21N5O2S. The number of primary amides is 1. The van der Waals surface area contributed by atoms with Crippen LogP contribution in [0.2, 0.25) is 0 Å². The Morgan fingerprint density at radius 1 is 1.27 bits per heavy atom. The average molecular weight is 371 g/mol. The Labute approximate surface area is 155 Å². The van der Waals surface area contributed by atoms with Gasteiger partial charge in [0.2, 0.25) is 5.91 Å². The molecule has 0 bridgehead atoms. The summed E-state index contributed by atoms with van der Waals surface area (Å²) in [7, 11) is 0. The number of likely N-dealkylation sites (tertiary alicyclic amines) is 1. The Kier molecular flexibility index (Phi) is 4.54. The highest BCUT2D eigenvalue weighted by Gasteiger charge is 2.43. The number of rotatable bonds is 4. The zero-order valence-corrected chi connectivity index (χ0v) is 15.4. The molecule has 0 spiro atoms. The molecule has 0 saturated carbocycles. The number of piperidine rings is 1. The van der Waals surface area contributed by atoms with Crippen molar-refractivity contribution in [2.24, 2.45) is 11.7 Å². The van der Waals surface area contributed by atoms with Gasteiger partial charge in [-0.3, -0.25) is 14.5 Å². The van der Waals surface area contributed by atoms with Crippen LogP contribution in [0.25, 0.3) is 0 Å². The van der Waals surface area contributed by atoms with Crippen LogP contribution in [0.3, 0.4) is 0 Å². The van der Waals surface area contributed by atoms with Gasteiger partial charge in [0, 0.05) is 5.92 Å². The van der Waals surface area contributed by atoms with Gasteiger partial charge in [-0.25, -0.2) is 4.98 Å². The van der Waals surface area contributed by atoms with Crippen molar-refractivity contribution in [3.8, 4) is 0 Å². The Morgan fingerprint density at radius 2 is 1.96 bits per heavy atom. The van der Waals surface area contributed by atoms with Crippen LogP contribution >= 0.6 is 11.8 Å². The monoisotopic (exact) mass is 371 g/mol. The summed E-state index contributed by atoms with van der Waals surface area (Å²) in [5.41, 5.74) is 6.56. The highest BCUT2D eigenvalue weighted by Crippen LogP contribution is 2.41. The summed E-state index contributed by atoms with van der Waals surface area (Å²) >= 11 is 1.48. The summed E-state index contributed by atoms with van der Waals surface area (Å²) in [4.78, 5) is 31.1. The van der Waals surface area contributed by atoms with E-state index in [1.807, 2.05) is 18.2 Å². The van der Waals surface area contributed by atoms with E-state index in [2.05, 4.69) is 27.1 Å². The van der Waals surface area contributed by atoms with Gasteiger partial charge >= 0.3 is 0 Å². The number of hydrogen-bond acceptors (Lipinski definition) is 6. The third-order valence-electron chi connectivity index (χ3n) is 5.12. The van der Waals surface area contributed by atoms with Crippen LogP contribution in [0.15, 0.2) is 35.5 Å². The number of aromatic nitrogens is 3. The van der Waals surface area contributed by atoms with E-state index in [0.717, 1.165) is 31.5 Å². The Hall–Kier alpha value is -2.19. The van der Waals surface area contributed by atoms with Crippen molar-refractivity contribution in [3.63, 3.8) is 0 Å². The summed E-state index contributed by atoms with van der Waals surface area (Å²) in [6.07, 6.45) is 1.46. The first-order valence-corrected chi connectivity index (χ1v) is 9.65. The lowest BCUT2D eigenvalue weighted by Crippen LogP contribution is -2.45. The molecule has 1 saturated heterocycles. The molecule has 26 heavy (non-hydrogen) atoms. The number of aryl methyl sites for hydroxylation is 1. The second kappa shape index (κ2) is 6.85. The third kappa shape index (κ3) is 3.03. The number of thioether (sulfide) groups is 1. The van der Waals surface area contributed by atoms with Gasteiger partial charge in [-0.05, 0) is 38.4 Å². The molecule has 0 aliphatic carbocycles. The van der Waals surface area contributed by atoms with E-state index in [9.17, 15) is 9.59 Å². The molecule has 7 nitrogen and oxygen atoms in total. The summed E-state index contributed by atoms with van der Waals surface area (Å²) in [5.74, 6) is 0.274. The number of amides is 1. The van der Waals surface area contributed by atoms with E-state index in [1.54, 1.807) is 6.92 Å². The van der Waals surface area contributed by atoms with Gasteiger partial charge in [0.05, 0.1) is 6.04 Å². The van der Waals surface area contributed by atoms with Gasteiger partial charge in [-0.15, -0.1) is 5.10 Å². The number of hydrogen-bond donors (Lipinski definition) is 1. The molecule has 8 heteroatoms. The van der Waals surface area contributed by atoms with Crippen LogP contribution < -0.4 is 5.73 Å². The van der Waals surface area contributed by atoms with Crippen LogP contribution in [0.4, 0.5) is 0 Å². The zero-order valence-electron chi connectivity index (χ0n) is 14.5. The van der Waals surface area contributed by atoms with Crippen LogP contribution in [-0.4, -0.2) is 49.8 Å². The van der Waals surface area contributed by atoms with Gasteiger partial charge in [-0.2, -0.15) is 4.68 Å². The molecular weight excluding hydrogens is 350 g/mol. The second-order valence-corrected chi connectivity index (χ2v) is 7.91. The molecule has 1 fully saturated rings. The molecule has 1 aromatic heterocycles. The predicted octanol–water partition coefficient (Wildman–Crippen LogP) is 1.64. The fourth-order valence-corrected chi connectivity index (χ4v) is 5.09. The maximum atomic E-state index is 13.0. The normalized spacial score (nSPS) is 22.3. The van der Waals surface area contributed by atoms with Crippen molar-refractivity contribution in [1.29, 1.82) is 0 Å². The summed E-state index contributed by atoms with van der Waals surface area (Å²) in [6, 6.07) is 9.98. The van der Waals surface area contributed by atoms with Crippen molar-refractivity contribution >= 4 is 23.6 Å². The molecule has 2 N–H and O–H groups in total. The van der Waals surface area contributed by atoms with Gasteiger partial charge in [0.1, 0.15) is 11.1 Å². The maximum Gasteiger partial charge on any atom is 0.264 e. The summed E-state index contributed by atoms with van der Waals surface area (Å²) in [6.45, 7) is 3.27. The van der Waals surface area contributed by atoms with E-state index in [-0.39, 0.29) is 29.0 Å². The second-order valence-electron chi connectivity index (χ2n) is 6.80. The first-order valence-electron chi connectivity index (χ1n) is 8.77. The molecule has 136 valence electrons. The van der Waals surface area contributed by atoms with E-state index in [4.69, 9.17) is 5.73 Å². The standard InChI is InChI=1S/C18H21N5O2S/c1-11-20-18-23(21-11)17(25)15(26-18)14(12-5-3-2-4-6-12)22-9-7-13(8-10-22)16(19)24/h2-6,13-15H,7-10H2,1H3,(H2,19,24). The van der Waals surface area contributed by atoms with Crippen LogP contribution in [-0.2, 0) is 4.79 Å². The number of nitrogens with zero attached hydrogens (tertiary/aromatic N) is 4. The largest absolute Gasteiger partial charge is 0.369 e. The van der Waals surface area contributed by atoms with Gasteiger partial charge in [-0.1, -0.05) is 42.1 Å². The fraction of sp³-hybridized carbons (Fsp3) is 0.444. The molecule has 1 amide bonds. The summed E-state index contributed by atoms with van der Waals surface area (Å²) < 4.78 is 1.43. The lowest BCUT2D eigenvalue weighted by molar-refractivity contribution is -0.123. The molecule has 2 unspecified atom stereocenters. The lowest BCUT2D eigenvalue weighted by atomic mass is 9.92. The van der Waals surface area contributed by atoms with E-state index >= 15 is 0 Å². The van der Waals surface area contributed by atoms with Crippen molar-refractivity contribution in [3.05, 3.63) is 41.7 Å². The Balaban J connectivity index is 1.62. The number of carbonyl (C=O) groups is 2. The lowest BCUT2D eigenvalue weighted by Gasteiger charge is -2.38. The van der Waals surface area contributed by atoms with Crippen molar-refractivity contribution in [2.45, 2.75) is 36.2 Å². The van der Waals surface area contributed by atoms with Gasteiger partial charge < -0.3 is 5.73 Å². The Bertz CT molecular complexity index is 829. The van der Waals surface area contributed by atoms with Gasteiger partial charge in [0.15, 0.2) is 5.16 Å². The molecule has 0 radical (unpaired) electrons. The predicted molar refractivity (Wildman–Crippen MR) is 97.7 cm³/mol. The molecule has 3 heterocycles. The van der Waals surface area contributed by atoms with E-state index < -0.39 is 0 Å². The average Bonchev–Trinajstić information content (AvgIpc) is 3.14. The van der Waals surface area contributed by atoms with Gasteiger partial charge in [0.25, 0.3) is 5.91 Å². The molecule has 2 aliphatic heterocycles. The van der Waals surface area contributed by atoms with Crippen molar-refractivity contribution in [2.75, 3.05) is 13.1 Å². The zero-order chi connectivity index (χ0) is 18.3. The molecule has 2 aromatic rings. The first-order chi connectivity index (χ1) is 12.5. The minimum Gasteiger partial charge on any atom is -0.369 e. The first kappa shape index (κ1) is 17.2. The minimum atomic E-state index is -0.293. The third-order valence-corrected chi connectivity index (χ3v) is 6.31. The molecule has 1 aromatic carbocycles.